The van der Waals surface area contributed by atoms with Crippen molar-refractivity contribution in [3.63, 3.8) is 0 Å². The summed E-state index contributed by atoms with van der Waals surface area (Å²) in [5.74, 6) is 2.23. The summed E-state index contributed by atoms with van der Waals surface area (Å²) in [6.07, 6.45) is 2.77. The Bertz CT molecular complexity index is 1350. The number of benzene rings is 2. The summed E-state index contributed by atoms with van der Waals surface area (Å²) in [5, 5.41) is 13.9. The van der Waals surface area contributed by atoms with Crippen LogP contribution in [0.5, 0.6) is 0 Å². The maximum atomic E-state index is 13.1. The number of guanidine groups is 1. The average Bonchev–Trinajstić information content (AvgIpc) is 2.91. The molecule has 0 aromatic heterocycles. The van der Waals surface area contributed by atoms with E-state index in [1.54, 1.807) is 24.3 Å². The smallest absolute Gasteiger partial charge is 0.240 e. The molecule has 3 aliphatic carbocycles. The Hall–Kier alpha value is -1.84. The van der Waals surface area contributed by atoms with Gasteiger partial charge in [0.15, 0.2) is 5.96 Å². The molecule has 218 valence electrons. The Balaban J connectivity index is 1.34. The minimum absolute atomic E-state index is 0.208. The van der Waals surface area contributed by atoms with Crippen LogP contribution in [0, 0.1) is 28.6 Å². The molecule has 7 nitrogen and oxygen atoms in total. The van der Waals surface area contributed by atoms with Crippen LogP contribution < -0.4 is 14.9 Å². The van der Waals surface area contributed by atoms with Crippen LogP contribution in [0.3, 0.4) is 0 Å². The largest absolute Gasteiger partial charge is 0.340 e. The molecule has 10 heteroatoms. The van der Waals surface area contributed by atoms with Crippen LogP contribution in [-0.2, 0) is 16.4 Å². The standard InChI is InChI=1S/C30H41Cl2N5O2S/c1-19-18-36(14-13-34-19)29(33)37(28-16-22-15-26(20(28)2)30(22,3)4)24-7-9-25(10-8-24)40(38,39)35-12-11-21-5-6-23(31)17-27(21)32/h5-10,17,19-20,22,26,28,33-35H,11-16,18H2,1-4H3/t19-,20-,22+,26-,28-/m0/s1. The second-order valence-electron chi connectivity index (χ2n) is 12.4. The topological polar surface area (TPSA) is 88.5 Å². The number of nitrogens with one attached hydrogen (secondary N) is 3. The number of halogens is 2. The van der Waals surface area contributed by atoms with Gasteiger partial charge < -0.3 is 15.1 Å². The van der Waals surface area contributed by atoms with E-state index in [4.69, 9.17) is 23.2 Å². The molecular weight excluding hydrogens is 565 g/mol. The molecule has 1 heterocycles. The summed E-state index contributed by atoms with van der Waals surface area (Å²) in [6, 6.07) is 12.8. The second kappa shape index (κ2) is 11.4. The molecule has 1 aliphatic heterocycles. The lowest BCUT2D eigenvalue weighted by atomic mass is 9.44. The first kappa shape index (κ1) is 29.6. The predicted molar refractivity (Wildman–Crippen MR) is 164 cm³/mol. The zero-order valence-electron chi connectivity index (χ0n) is 23.8. The molecular formula is C30H41Cl2N5O2S. The lowest BCUT2D eigenvalue weighted by Crippen LogP contribution is -2.64. The van der Waals surface area contributed by atoms with Crippen LogP contribution in [0.25, 0.3) is 0 Å². The molecule has 5 atom stereocenters. The monoisotopic (exact) mass is 605 g/mol. The highest BCUT2D eigenvalue weighted by Crippen LogP contribution is 2.62. The van der Waals surface area contributed by atoms with Crippen molar-refractivity contribution < 1.29 is 8.42 Å². The van der Waals surface area contributed by atoms with Crippen LogP contribution >= 0.6 is 23.2 Å². The van der Waals surface area contributed by atoms with Gasteiger partial charge in [-0.1, -0.05) is 50.0 Å². The third-order valence-corrected chi connectivity index (χ3v) is 11.7. The molecule has 6 rings (SSSR count). The van der Waals surface area contributed by atoms with Gasteiger partial charge in [0, 0.05) is 54.0 Å². The molecule has 4 fully saturated rings. The number of fused-ring (bicyclic) bond motifs is 2. The normalized spacial score (nSPS) is 27.6. The number of hydrogen-bond donors (Lipinski definition) is 3. The van der Waals surface area contributed by atoms with E-state index in [9.17, 15) is 13.8 Å². The Morgan fingerprint density at radius 2 is 1.88 bits per heavy atom. The van der Waals surface area contributed by atoms with Gasteiger partial charge >= 0.3 is 0 Å². The Morgan fingerprint density at radius 3 is 2.50 bits per heavy atom. The second-order valence-corrected chi connectivity index (χ2v) is 15.0. The number of hydrogen-bond acceptors (Lipinski definition) is 4. The minimum Gasteiger partial charge on any atom is -0.340 e. The van der Waals surface area contributed by atoms with Crippen LogP contribution in [0.1, 0.15) is 46.1 Å². The molecule has 0 spiro atoms. The first-order valence-electron chi connectivity index (χ1n) is 14.3. The maximum Gasteiger partial charge on any atom is 0.240 e. The van der Waals surface area contributed by atoms with E-state index in [1.807, 2.05) is 18.2 Å². The van der Waals surface area contributed by atoms with Gasteiger partial charge in [0.05, 0.1) is 4.90 Å². The lowest BCUT2D eigenvalue weighted by Gasteiger charge is -2.63. The molecule has 0 radical (unpaired) electrons. The fraction of sp³-hybridized carbons (Fsp3) is 0.567. The number of nitrogens with zero attached hydrogens (tertiary/aromatic N) is 2. The van der Waals surface area contributed by atoms with Crippen molar-refractivity contribution in [3.8, 4) is 0 Å². The van der Waals surface area contributed by atoms with Gasteiger partial charge in [-0.15, -0.1) is 0 Å². The number of sulfonamides is 1. The van der Waals surface area contributed by atoms with Crippen LogP contribution in [0.4, 0.5) is 5.69 Å². The van der Waals surface area contributed by atoms with Gasteiger partial charge in [-0.25, -0.2) is 13.1 Å². The zero-order chi connectivity index (χ0) is 28.8. The summed E-state index contributed by atoms with van der Waals surface area (Å²) in [7, 11) is -3.70. The molecule has 4 aliphatic rings. The first-order chi connectivity index (χ1) is 18.9. The number of piperazine rings is 1. The van der Waals surface area contributed by atoms with E-state index in [-0.39, 0.29) is 17.5 Å². The quantitative estimate of drug-likeness (QED) is 0.281. The minimum atomic E-state index is -3.70. The highest BCUT2D eigenvalue weighted by molar-refractivity contribution is 7.89. The van der Waals surface area contributed by atoms with E-state index in [0.29, 0.717) is 51.6 Å². The molecule has 1 saturated heterocycles. The van der Waals surface area contributed by atoms with Gasteiger partial charge in [0.25, 0.3) is 0 Å². The summed E-state index contributed by atoms with van der Waals surface area (Å²) in [5.41, 5.74) is 2.05. The van der Waals surface area contributed by atoms with E-state index in [2.05, 4.69) is 47.5 Å². The SMILES string of the molecule is C[C@@H]1[C@@H](N(C(=N)N2CCN[C@@H](C)C2)c2ccc(S(=O)(=O)NCCc3ccc(Cl)cc3Cl)cc2)C[C@H]2C[C@@H]1C2(C)C. The van der Waals surface area contributed by atoms with Crippen molar-refractivity contribution in [2.24, 2.45) is 23.2 Å². The van der Waals surface area contributed by atoms with E-state index in [1.165, 1.54) is 6.42 Å². The van der Waals surface area contributed by atoms with Crippen molar-refractivity contribution in [2.45, 2.75) is 63.9 Å². The molecule has 3 N–H and O–H groups in total. The zero-order valence-corrected chi connectivity index (χ0v) is 26.1. The Morgan fingerprint density at radius 1 is 1.15 bits per heavy atom. The third-order valence-electron chi connectivity index (χ3n) is 9.67. The number of anilines is 1. The third kappa shape index (κ3) is 5.75. The van der Waals surface area contributed by atoms with Crippen LogP contribution in [-0.4, -0.2) is 57.5 Å². The average molecular weight is 607 g/mol. The van der Waals surface area contributed by atoms with Crippen molar-refractivity contribution >= 4 is 44.9 Å². The van der Waals surface area contributed by atoms with Crippen LogP contribution in [0.15, 0.2) is 47.4 Å². The summed E-state index contributed by atoms with van der Waals surface area (Å²) < 4.78 is 28.9. The van der Waals surface area contributed by atoms with E-state index in [0.717, 1.165) is 37.3 Å². The van der Waals surface area contributed by atoms with Crippen molar-refractivity contribution in [3.05, 3.63) is 58.1 Å². The summed E-state index contributed by atoms with van der Waals surface area (Å²) in [6.45, 7) is 11.9. The fourth-order valence-electron chi connectivity index (χ4n) is 7.12. The summed E-state index contributed by atoms with van der Waals surface area (Å²) in [4.78, 5) is 4.55. The molecule has 0 amide bonds. The van der Waals surface area contributed by atoms with Crippen molar-refractivity contribution in [2.75, 3.05) is 31.1 Å². The Labute approximate surface area is 249 Å². The lowest BCUT2D eigenvalue weighted by molar-refractivity contribution is -0.108. The van der Waals surface area contributed by atoms with Gasteiger partial charge in [-0.05, 0) is 91.3 Å². The predicted octanol–water partition coefficient (Wildman–Crippen LogP) is 5.62. The van der Waals surface area contributed by atoms with Crippen molar-refractivity contribution in [1.82, 2.24) is 14.9 Å². The fourth-order valence-corrected chi connectivity index (χ4v) is 8.66. The molecule has 3 saturated carbocycles. The molecule has 0 unspecified atom stereocenters. The first-order valence-corrected chi connectivity index (χ1v) is 16.5. The highest BCUT2D eigenvalue weighted by Gasteiger charge is 2.57. The van der Waals surface area contributed by atoms with Crippen LogP contribution in [0.2, 0.25) is 10.0 Å². The number of rotatable bonds is 7. The molecule has 2 aromatic carbocycles. The van der Waals surface area contributed by atoms with E-state index < -0.39 is 10.0 Å². The summed E-state index contributed by atoms with van der Waals surface area (Å²) >= 11 is 12.2. The highest BCUT2D eigenvalue weighted by atomic mass is 35.5. The molecule has 2 bridgehead atoms. The maximum absolute atomic E-state index is 13.1. The molecule has 40 heavy (non-hydrogen) atoms. The molecule has 2 aromatic rings. The van der Waals surface area contributed by atoms with Gasteiger partial charge in [-0.3, -0.25) is 5.41 Å². The van der Waals surface area contributed by atoms with Gasteiger partial charge in [0.2, 0.25) is 10.0 Å². The van der Waals surface area contributed by atoms with Crippen molar-refractivity contribution in [1.29, 1.82) is 5.41 Å². The van der Waals surface area contributed by atoms with E-state index >= 15 is 0 Å². The van der Waals surface area contributed by atoms with Gasteiger partial charge in [0.1, 0.15) is 0 Å². The van der Waals surface area contributed by atoms with Gasteiger partial charge in [-0.2, -0.15) is 0 Å². The Kier molecular flexibility index (Phi) is 8.48.